The molecule has 0 heterocycles. The number of hydrogen-bond acceptors (Lipinski definition) is 0. The van der Waals surface area contributed by atoms with Crippen LogP contribution in [-0.4, -0.2) is 0 Å². The Morgan fingerprint density at radius 2 is 1.75 bits per heavy atom. The second-order valence-corrected chi connectivity index (χ2v) is 6.13. The van der Waals surface area contributed by atoms with Gasteiger partial charge in [-0.1, -0.05) is 56.2 Å². The molecule has 3 aromatic rings. The van der Waals surface area contributed by atoms with Crippen LogP contribution in [0.25, 0.3) is 11.1 Å². The van der Waals surface area contributed by atoms with E-state index >= 15 is 0 Å². The van der Waals surface area contributed by atoms with Crippen molar-refractivity contribution in [3.05, 3.63) is 77.3 Å². The Labute approximate surface area is 145 Å². The van der Waals surface area contributed by atoms with Crippen LogP contribution in [0, 0.1) is 0 Å². The molecule has 0 fully saturated rings. The van der Waals surface area contributed by atoms with Crippen molar-refractivity contribution in [1.82, 2.24) is 0 Å². The van der Waals surface area contributed by atoms with Crippen molar-refractivity contribution < 1.29 is 17.1 Å². The Morgan fingerprint density at radius 3 is 2.25 bits per heavy atom. The topological polar surface area (TPSA) is 0 Å². The van der Waals surface area contributed by atoms with Crippen LogP contribution in [0.15, 0.2) is 77.3 Å². The first-order chi connectivity index (χ1) is 9.31. The summed E-state index contributed by atoms with van der Waals surface area (Å²) in [5.74, 6) is 0. The third-order valence-electron chi connectivity index (χ3n) is 2.62. The number of benzene rings is 1. The zero-order valence-electron chi connectivity index (χ0n) is 10.5. The molecule has 20 heavy (non-hydrogen) atoms. The summed E-state index contributed by atoms with van der Waals surface area (Å²) in [4.78, 5) is 0. The van der Waals surface area contributed by atoms with Gasteiger partial charge in [0.15, 0.2) is 0 Å². The molecular formula is C16H13BrClFeP. The van der Waals surface area contributed by atoms with Crippen molar-refractivity contribution in [2.24, 2.45) is 0 Å². The average Bonchev–Trinajstić information content (AvgIpc) is 3.11. The van der Waals surface area contributed by atoms with Crippen molar-refractivity contribution in [2.45, 2.75) is 0 Å². The SMILES string of the molecule is Brc1ccc[cH-]1.ClPc1ccc[c-]1-c1ccccc1.[Fe+2]. The van der Waals surface area contributed by atoms with Crippen molar-refractivity contribution in [1.29, 1.82) is 0 Å². The molecule has 0 saturated carbocycles. The maximum absolute atomic E-state index is 5.85. The second kappa shape index (κ2) is 9.55. The van der Waals surface area contributed by atoms with Gasteiger partial charge in [-0.05, 0) is 7.93 Å². The zero-order valence-corrected chi connectivity index (χ0v) is 15.0. The molecule has 0 bridgehead atoms. The van der Waals surface area contributed by atoms with E-state index in [1.165, 1.54) is 16.4 Å². The van der Waals surface area contributed by atoms with Gasteiger partial charge in [-0.3, -0.25) is 0 Å². The maximum Gasteiger partial charge on any atom is 2.00 e. The number of hydrogen-bond donors (Lipinski definition) is 0. The molecule has 0 aromatic heterocycles. The smallest absolute Gasteiger partial charge is 0.213 e. The summed E-state index contributed by atoms with van der Waals surface area (Å²) in [7, 11) is 0.351. The minimum absolute atomic E-state index is 0. The Morgan fingerprint density at radius 1 is 1.00 bits per heavy atom. The predicted octanol–water partition coefficient (Wildman–Crippen LogP) is 5.70. The largest absolute Gasteiger partial charge is 2.00 e. The fourth-order valence-electron chi connectivity index (χ4n) is 1.72. The fraction of sp³-hybridized carbons (Fsp3) is 0. The number of halogens is 2. The standard InChI is InChI=1S/C11H9ClP.C5H4Br.Fe/c12-13-11-8-4-7-10(11)9-5-2-1-3-6-9;6-5-3-1-2-4-5;/h1-8,13H;1-4H;/q2*-1;+2. The molecule has 3 rings (SSSR count). The predicted molar refractivity (Wildman–Crippen MR) is 91.0 cm³/mol. The minimum atomic E-state index is 0. The van der Waals surface area contributed by atoms with E-state index in [9.17, 15) is 0 Å². The van der Waals surface area contributed by atoms with Crippen LogP contribution in [0.1, 0.15) is 0 Å². The summed E-state index contributed by atoms with van der Waals surface area (Å²) in [6, 6.07) is 24.5. The van der Waals surface area contributed by atoms with E-state index in [0.29, 0.717) is 7.93 Å². The summed E-state index contributed by atoms with van der Waals surface area (Å²) in [5, 5.41) is 1.23. The summed E-state index contributed by atoms with van der Waals surface area (Å²) in [5.41, 5.74) is 2.50. The van der Waals surface area contributed by atoms with Crippen LogP contribution in [0.4, 0.5) is 0 Å². The van der Waals surface area contributed by atoms with Gasteiger partial charge in [-0.2, -0.15) is 24.3 Å². The van der Waals surface area contributed by atoms with Gasteiger partial charge in [0.1, 0.15) is 0 Å². The molecular weight excluding hydrogens is 394 g/mol. The van der Waals surface area contributed by atoms with Crippen molar-refractivity contribution in [2.75, 3.05) is 0 Å². The van der Waals surface area contributed by atoms with Crippen molar-refractivity contribution in [3.63, 3.8) is 0 Å². The van der Waals surface area contributed by atoms with E-state index in [1.54, 1.807) is 0 Å². The van der Waals surface area contributed by atoms with E-state index in [4.69, 9.17) is 11.2 Å². The molecule has 4 heteroatoms. The van der Waals surface area contributed by atoms with Gasteiger partial charge in [-0.25, -0.2) is 6.07 Å². The Hall–Kier alpha value is -0.361. The third-order valence-corrected chi connectivity index (χ3v) is 4.40. The first-order valence-electron chi connectivity index (χ1n) is 5.86. The minimum Gasteiger partial charge on any atom is -0.213 e. The molecule has 0 spiro atoms. The molecule has 0 saturated heterocycles. The average molecular weight is 407 g/mol. The van der Waals surface area contributed by atoms with E-state index in [1.807, 2.05) is 48.5 Å². The monoisotopic (exact) mass is 406 g/mol. The van der Waals surface area contributed by atoms with E-state index in [-0.39, 0.29) is 17.1 Å². The first kappa shape index (κ1) is 17.7. The van der Waals surface area contributed by atoms with Gasteiger partial charge in [0, 0.05) is 0 Å². The molecule has 3 aromatic carbocycles. The molecule has 0 radical (unpaired) electrons. The van der Waals surface area contributed by atoms with Crippen LogP contribution < -0.4 is 5.30 Å². The zero-order chi connectivity index (χ0) is 13.5. The van der Waals surface area contributed by atoms with Crippen molar-refractivity contribution >= 4 is 40.4 Å². The maximum atomic E-state index is 5.85. The van der Waals surface area contributed by atoms with Gasteiger partial charge in [0.25, 0.3) is 0 Å². The molecule has 0 N–H and O–H groups in total. The Kier molecular flexibility index (Phi) is 8.45. The molecule has 0 nitrogen and oxygen atoms in total. The molecule has 0 amide bonds. The molecule has 0 aliphatic rings. The van der Waals surface area contributed by atoms with Crippen molar-refractivity contribution in [3.8, 4) is 11.1 Å². The Bertz CT molecular complexity index is 590. The quantitative estimate of drug-likeness (QED) is 0.291. The van der Waals surface area contributed by atoms with Crippen LogP contribution in [0.5, 0.6) is 0 Å². The number of rotatable bonds is 2. The summed E-state index contributed by atoms with van der Waals surface area (Å²) >= 11 is 9.13. The van der Waals surface area contributed by atoms with Crippen LogP contribution in [-0.2, 0) is 17.1 Å². The van der Waals surface area contributed by atoms with Gasteiger partial charge < -0.3 is 0 Å². The van der Waals surface area contributed by atoms with E-state index in [0.717, 1.165) is 4.47 Å². The van der Waals surface area contributed by atoms with E-state index < -0.39 is 0 Å². The van der Waals surface area contributed by atoms with Crippen LogP contribution in [0.2, 0.25) is 0 Å². The fourth-order valence-corrected chi connectivity index (χ4v) is 3.01. The Balaban J connectivity index is 0.000000243. The van der Waals surface area contributed by atoms with Gasteiger partial charge in [-0.15, -0.1) is 34.3 Å². The normalized spacial score (nSPS) is 9.90. The third kappa shape index (κ3) is 5.20. The van der Waals surface area contributed by atoms with Crippen LogP contribution >= 0.6 is 35.1 Å². The molecule has 0 aliphatic heterocycles. The summed E-state index contributed by atoms with van der Waals surface area (Å²) in [6.07, 6.45) is 0. The second-order valence-electron chi connectivity index (χ2n) is 3.92. The molecule has 1 unspecified atom stereocenters. The first-order valence-corrected chi connectivity index (χ1v) is 8.66. The molecule has 0 aliphatic carbocycles. The van der Waals surface area contributed by atoms with E-state index in [2.05, 4.69) is 40.2 Å². The molecule has 104 valence electrons. The summed E-state index contributed by atoms with van der Waals surface area (Å²) in [6.45, 7) is 0. The molecule has 1 atom stereocenters. The van der Waals surface area contributed by atoms with Gasteiger partial charge in [0.05, 0.1) is 0 Å². The van der Waals surface area contributed by atoms with Gasteiger partial charge >= 0.3 is 17.1 Å². The van der Waals surface area contributed by atoms with Gasteiger partial charge in [0.2, 0.25) is 0 Å². The summed E-state index contributed by atoms with van der Waals surface area (Å²) < 4.78 is 1.16. The van der Waals surface area contributed by atoms with Crippen LogP contribution in [0.3, 0.4) is 0 Å².